The van der Waals surface area contributed by atoms with Crippen LogP contribution in [0.3, 0.4) is 0 Å². The van der Waals surface area contributed by atoms with Gasteiger partial charge in [0, 0.05) is 5.56 Å². The number of ether oxygens (including phenoxy) is 1. The molecule has 0 saturated carbocycles. The quantitative estimate of drug-likeness (QED) is 0.792. The van der Waals surface area contributed by atoms with E-state index in [9.17, 15) is 18.8 Å². The van der Waals surface area contributed by atoms with Crippen molar-refractivity contribution in [3.05, 3.63) is 29.6 Å². The Hall–Kier alpha value is -2.44. The molecular weight excluding hydrogens is 267 g/mol. The van der Waals surface area contributed by atoms with E-state index in [0.717, 1.165) is 11.0 Å². The Balaban J connectivity index is 2.30. The molecular formula is C13H13FN2O4. The number of halogens is 1. The highest BCUT2D eigenvalue weighted by atomic mass is 19.1. The minimum absolute atomic E-state index is 0.0729. The summed E-state index contributed by atoms with van der Waals surface area (Å²) in [6.45, 7) is 1.30. The summed E-state index contributed by atoms with van der Waals surface area (Å²) >= 11 is 0. The first-order valence-corrected chi connectivity index (χ1v) is 5.92. The topological polar surface area (TPSA) is 75.7 Å². The molecule has 1 aliphatic rings. The zero-order valence-electron chi connectivity index (χ0n) is 11.0. The van der Waals surface area contributed by atoms with Crippen LogP contribution in [-0.2, 0) is 9.59 Å². The van der Waals surface area contributed by atoms with Crippen LogP contribution in [-0.4, -0.2) is 42.3 Å². The molecule has 1 N–H and O–H groups in total. The van der Waals surface area contributed by atoms with Gasteiger partial charge in [-0.2, -0.15) is 0 Å². The molecule has 0 spiro atoms. The van der Waals surface area contributed by atoms with Crippen molar-refractivity contribution < 1.29 is 23.5 Å². The maximum absolute atomic E-state index is 13.3. The number of amides is 3. The zero-order valence-corrected chi connectivity index (χ0v) is 11.0. The SMILES string of the molecule is COc1cc(C(=O)N2CC(=O)NC(=O)C2C)ccc1F. The van der Waals surface area contributed by atoms with E-state index in [-0.39, 0.29) is 17.9 Å². The van der Waals surface area contributed by atoms with Gasteiger partial charge in [0.25, 0.3) is 5.91 Å². The van der Waals surface area contributed by atoms with E-state index in [2.05, 4.69) is 5.32 Å². The maximum Gasteiger partial charge on any atom is 0.255 e. The van der Waals surface area contributed by atoms with Crippen LogP contribution >= 0.6 is 0 Å². The lowest BCUT2D eigenvalue weighted by molar-refractivity contribution is -0.138. The van der Waals surface area contributed by atoms with Gasteiger partial charge >= 0.3 is 0 Å². The number of benzene rings is 1. The van der Waals surface area contributed by atoms with Crippen LogP contribution in [0.4, 0.5) is 4.39 Å². The first kappa shape index (κ1) is 14.0. The number of nitrogens with zero attached hydrogens (tertiary/aromatic N) is 1. The summed E-state index contributed by atoms with van der Waals surface area (Å²) in [4.78, 5) is 36.3. The van der Waals surface area contributed by atoms with E-state index in [0.29, 0.717) is 0 Å². The molecule has 0 aliphatic carbocycles. The average Bonchev–Trinajstić information content (AvgIpc) is 2.42. The first-order valence-electron chi connectivity index (χ1n) is 5.92. The van der Waals surface area contributed by atoms with Crippen molar-refractivity contribution in [1.82, 2.24) is 10.2 Å². The van der Waals surface area contributed by atoms with Gasteiger partial charge in [0.05, 0.1) is 7.11 Å². The van der Waals surface area contributed by atoms with Crippen molar-refractivity contribution in [3.8, 4) is 5.75 Å². The highest BCUT2D eigenvalue weighted by Gasteiger charge is 2.34. The molecule has 0 aromatic heterocycles. The molecule has 7 heteroatoms. The van der Waals surface area contributed by atoms with Crippen molar-refractivity contribution in [2.75, 3.05) is 13.7 Å². The molecule has 1 aliphatic heterocycles. The second-order valence-electron chi connectivity index (χ2n) is 4.37. The molecule has 106 valence electrons. The zero-order chi connectivity index (χ0) is 14.9. The predicted molar refractivity (Wildman–Crippen MR) is 66.6 cm³/mol. The Morgan fingerprint density at radius 1 is 1.45 bits per heavy atom. The number of piperazine rings is 1. The fraction of sp³-hybridized carbons (Fsp3) is 0.308. The van der Waals surface area contributed by atoms with Gasteiger partial charge < -0.3 is 9.64 Å². The Kier molecular flexibility index (Phi) is 3.69. The highest BCUT2D eigenvalue weighted by Crippen LogP contribution is 2.20. The third-order valence-corrected chi connectivity index (χ3v) is 3.08. The van der Waals surface area contributed by atoms with E-state index < -0.39 is 29.6 Å². The highest BCUT2D eigenvalue weighted by molar-refractivity contribution is 6.07. The lowest BCUT2D eigenvalue weighted by atomic mass is 10.1. The van der Waals surface area contributed by atoms with E-state index in [4.69, 9.17) is 4.74 Å². The van der Waals surface area contributed by atoms with Crippen molar-refractivity contribution in [2.24, 2.45) is 0 Å². The molecule has 20 heavy (non-hydrogen) atoms. The molecule has 1 fully saturated rings. The van der Waals surface area contributed by atoms with Crippen molar-refractivity contribution in [3.63, 3.8) is 0 Å². The average molecular weight is 280 g/mol. The van der Waals surface area contributed by atoms with Gasteiger partial charge in [-0.25, -0.2) is 4.39 Å². The molecule has 1 atom stereocenters. The summed E-state index contributed by atoms with van der Waals surface area (Å²) in [5.74, 6) is -2.28. The van der Waals surface area contributed by atoms with Gasteiger partial charge in [0.1, 0.15) is 12.6 Å². The van der Waals surface area contributed by atoms with Gasteiger partial charge in [-0.15, -0.1) is 0 Å². The van der Waals surface area contributed by atoms with Gasteiger partial charge in [-0.3, -0.25) is 19.7 Å². The molecule has 1 aromatic rings. The Labute approximate surface area is 114 Å². The van der Waals surface area contributed by atoms with E-state index >= 15 is 0 Å². The second kappa shape index (κ2) is 5.28. The summed E-state index contributed by atoms with van der Waals surface area (Å²) < 4.78 is 18.1. The largest absolute Gasteiger partial charge is 0.494 e. The molecule has 0 bridgehead atoms. The molecule has 0 radical (unpaired) electrons. The molecule has 1 unspecified atom stereocenters. The molecule has 2 rings (SSSR count). The third kappa shape index (κ3) is 2.47. The van der Waals surface area contributed by atoms with Crippen LogP contribution in [0.2, 0.25) is 0 Å². The number of carbonyl (C=O) groups excluding carboxylic acids is 3. The Bertz CT molecular complexity index is 588. The normalized spacial score (nSPS) is 18.8. The number of methoxy groups -OCH3 is 1. The van der Waals surface area contributed by atoms with Crippen LogP contribution < -0.4 is 10.1 Å². The van der Waals surface area contributed by atoms with Crippen molar-refractivity contribution in [1.29, 1.82) is 0 Å². The van der Waals surface area contributed by atoms with E-state index in [1.54, 1.807) is 0 Å². The fourth-order valence-corrected chi connectivity index (χ4v) is 1.92. The van der Waals surface area contributed by atoms with Gasteiger partial charge in [0.15, 0.2) is 11.6 Å². The standard InChI is InChI=1S/C13H13FN2O4/c1-7-12(18)15-11(17)6-16(7)13(19)8-3-4-9(14)10(5-8)20-2/h3-5,7H,6H2,1-2H3,(H,15,17,18). The fourth-order valence-electron chi connectivity index (χ4n) is 1.92. The molecule has 1 saturated heterocycles. The second-order valence-corrected chi connectivity index (χ2v) is 4.37. The molecule has 1 aromatic carbocycles. The summed E-state index contributed by atoms with van der Waals surface area (Å²) in [5, 5.41) is 2.14. The van der Waals surface area contributed by atoms with Gasteiger partial charge in [-0.05, 0) is 25.1 Å². The van der Waals surface area contributed by atoms with E-state index in [1.165, 1.54) is 26.2 Å². The predicted octanol–water partition coefficient (Wildman–Crippen LogP) is 0.321. The number of hydrogen-bond acceptors (Lipinski definition) is 4. The minimum atomic E-state index is -0.767. The minimum Gasteiger partial charge on any atom is -0.494 e. The smallest absolute Gasteiger partial charge is 0.255 e. The summed E-state index contributed by atoms with van der Waals surface area (Å²) in [5.41, 5.74) is 0.151. The number of rotatable bonds is 2. The number of nitrogens with one attached hydrogen (secondary N) is 1. The van der Waals surface area contributed by atoms with Crippen molar-refractivity contribution in [2.45, 2.75) is 13.0 Å². The molecule has 1 heterocycles. The van der Waals surface area contributed by atoms with Crippen LogP contribution in [0, 0.1) is 5.82 Å². The maximum atomic E-state index is 13.3. The van der Waals surface area contributed by atoms with Crippen LogP contribution in [0.25, 0.3) is 0 Å². The number of carbonyl (C=O) groups is 3. The van der Waals surface area contributed by atoms with Crippen LogP contribution in [0.1, 0.15) is 17.3 Å². The summed E-state index contributed by atoms with van der Waals surface area (Å²) in [6, 6.07) is 2.85. The lowest BCUT2D eigenvalue weighted by Gasteiger charge is -2.31. The van der Waals surface area contributed by atoms with E-state index in [1.807, 2.05) is 0 Å². The summed E-state index contributed by atoms with van der Waals surface area (Å²) in [6.07, 6.45) is 0. The Morgan fingerprint density at radius 3 is 2.80 bits per heavy atom. The van der Waals surface area contributed by atoms with Gasteiger partial charge in [0.2, 0.25) is 11.8 Å². The molecule has 6 nitrogen and oxygen atoms in total. The van der Waals surface area contributed by atoms with Crippen LogP contribution in [0.15, 0.2) is 18.2 Å². The molecule has 3 amide bonds. The van der Waals surface area contributed by atoms with Gasteiger partial charge in [-0.1, -0.05) is 0 Å². The first-order chi connectivity index (χ1) is 9.43. The monoisotopic (exact) mass is 280 g/mol. The Morgan fingerprint density at radius 2 is 2.15 bits per heavy atom. The van der Waals surface area contributed by atoms with Crippen molar-refractivity contribution >= 4 is 17.7 Å². The third-order valence-electron chi connectivity index (χ3n) is 3.08. The van der Waals surface area contributed by atoms with Crippen LogP contribution in [0.5, 0.6) is 5.75 Å². The number of hydrogen-bond donors (Lipinski definition) is 1. The number of imide groups is 1. The lowest BCUT2D eigenvalue weighted by Crippen LogP contribution is -2.58. The summed E-state index contributed by atoms with van der Waals surface area (Å²) in [7, 11) is 1.28.